The minimum absolute atomic E-state index is 0.184. The summed E-state index contributed by atoms with van der Waals surface area (Å²) < 4.78 is 5.25. The van der Waals surface area contributed by atoms with Gasteiger partial charge in [0, 0.05) is 13.0 Å². The molecule has 1 aromatic rings. The Labute approximate surface area is 87.9 Å². The van der Waals surface area contributed by atoms with Crippen molar-refractivity contribution >= 4 is 6.09 Å². The van der Waals surface area contributed by atoms with Gasteiger partial charge in [-0.05, 0) is 24.6 Å². The van der Waals surface area contributed by atoms with Gasteiger partial charge in [0.15, 0.2) is 0 Å². The number of cyclic esters (lactones) is 1. The summed E-state index contributed by atoms with van der Waals surface area (Å²) in [6.07, 6.45) is 0.287. The summed E-state index contributed by atoms with van der Waals surface area (Å²) in [6, 6.07) is 6.80. The molecule has 4 heteroatoms. The fraction of sp³-hybridized carbons (Fsp3) is 0.364. The molecule has 0 spiro atoms. The molecule has 15 heavy (non-hydrogen) atoms. The standard InChI is InChI=1S/C11H13NO3/c1-11(5-6-12-10(14)15-11)8-3-2-4-9(13)7-8/h2-4,7,13H,5-6H2,1H3,(H,12,14). The van der Waals surface area contributed by atoms with E-state index in [9.17, 15) is 9.90 Å². The summed E-state index contributed by atoms with van der Waals surface area (Å²) in [5.41, 5.74) is 0.179. The third kappa shape index (κ3) is 1.88. The smallest absolute Gasteiger partial charge is 0.408 e. The number of hydrogen-bond donors (Lipinski definition) is 2. The number of aromatic hydroxyl groups is 1. The van der Waals surface area contributed by atoms with Crippen molar-refractivity contribution in [1.82, 2.24) is 5.32 Å². The third-order valence-corrected chi connectivity index (χ3v) is 2.65. The number of phenolic OH excluding ortho intramolecular Hbond substituents is 1. The lowest BCUT2D eigenvalue weighted by atomic mass is 9.91. The number of benzene rings is 1. The summed E-state index contributed by atoms with van der Waals surface area (Å²) in [4.78, 5) is 11.1. The van der Waals surface area contributed by atoms with E-state index in [0.717, 1.165) is 5.56 Å². The molecular formula is C11H13NO3. The number of carbonyl (C=O) groups is 1. The van der Waals surface area contributed by atoms with Crippen molar-refractivity contribution in [2.24, 2.45) is 0 Å². The maximum absolute atomic E-state index is 11.1. The Balaban J connectivity index is 2.32. The van der Waals surface area contributed by atoms with Crippen LogP contribution in [-0.2, 0) is 10.3 Å². The Kier molecular flexibility index (Phi) is 2.26. The first-order valence-electron chi connectivity index (χ1n) is 4.86. The Bertz CT molecular complexity index is 391. The number of hydrogen-bond acceptors (Lipinski definition) is 3. The van der Waals surface area contributed by atoms with Gasteiger partial charge in [-0.15, -0.1) is 0 Å². The van der Waals surface area contributed by atoms with Crippen molar-refractivity contribution < 1.29 is 14.6 Å². The van der Waals surface area contributed by atoms with E-state index in [1.165, 1.54) is 0 Å². The summed E-state index contributed by atoms with van der Waals surface area (Å²) >= 11 is 0. The second-order valence-electron chi connectivity index (χ2n) is 3.85. The monoisotopic (exact) mass is 207 g/mol. The minimum Gasteiger partial charge on any atom is -0.508 e. The zero-order valence-electron chi connectivity index (χ0n) is 8.49. The molecule has 1 saturated heterocycles. The highest BCUT2D eigenvalue weighted by molar-refractivity contribution is 5.68. The molecule has 2 rings (SSSR count). The average Bonchev–Trinajstić information content (AvgIpc) is 2.17. The van der Waals surface area contributed by atoms with Crippen LogP contribution in [0.5, 0.6) is 5.75 Å². The predicted octanol–water partition coefficient (Wildman–Crippen LogP) is 1.74. The number of amides is 1. The first kappa shape index (κ1) is 9.83. The normalized spacial score (nSPS) is 25.5. The first-order chi connectivity index (χ1) is 7.10. The summed E-state index contributed by atoms with van der Waals surface area (Å²) in [7, 11) is 0. The van der Waals surface area contributed by atoms with Crippen molar-refractivity contribution in [3.8, 4) is 5.75 Å². The molecule has 1 unspecified atom stereocenters. The third-order valence-electron chi connectivity index (χ3n) is 2.65. The SMILES string of the molecule is CC1(c2cccc(O)c2)CCNC(=O)O1. The van der Waals surface area contributed by atoms with Crippen LogP contribution >= 0.6 is 0 Å². The molecule has 2 N–H and O–H groups in total. The van der Waals surface area contributed by atoms with Gasteiger partial charge in [-0.2, -0.15) is 0 Å². The molecule has 1 aliphatic heterocycles. The van der Waals surface area contributed by atoms with Gasteiger partial charge < -0.3 is 15.2 Å². The highest BCUT2D eigenvalue weighted by Crippen LogP contribution is 2.32. The molecule has 0 aromatic heterocycles. The predicted molar refractivity (Wildman–Crippen MR) is 54.6 cm³/mol. The van der Waals surface area contributed by atoms with Crippen molar-refractivity contribution in [2.45, 2.75) is 18.9 Å². The summed E-state index contributed by atoms with van der Waals surface area (Å²) in [5, 5.41) is 12.0. The lowest BCUT2D eigenvalue weighted by Crippen LogP contribution is -2.43. The van der Waals surface area contributed by atoms with Gasteiger partial charge in [-0.1, -0.05) is 12.1 Å². The van der Waals surface area contributed by atoms with Crippen molar-refractivity contribution in [3.63, 3.8) is 0 Å². The van der Waals surface area contributed by atoms with Crippen LogP contribution in [0.2, 0.25) is 0 Å². The second-order valence-corrected chi connectivity index (χ2v) is 3.85. The maximum atomic E-state index is 11.1. The molecule has 1 aliphatic rings. The number of alkyl carbamates (subject to hydrolysis) is 1. The van der Waals surface area contributed by atoms with Gasteiger partial charge in [-0.25, -0.2) is 4.79 Å². The van der Waals surface area contributed by atoms with E-state index in [1.807, 2.05) is 13.0 Å². The Morgan fingerprint density at radius 3 is 3.00 bits per heavy atom. The van der Waals surface area contributed by atoms with Crippen molar-refractivity contribution in [3.05, 3.63) is 29.8 Å². The average molecular weight is 207 g/mol. The van der Waals surface area contributed by atoms with Gasteiger partial charge >= 0.3 is 6.09 Å². The van der Waals surface area contributed by atoms with Gasteiger partial charge in [0.2, 0.25) is 0 Å². The van der Waals surface area contributed by atoms with Gasteiger partial charge in [0.1, 0.15) is 11.4 Å². The number of phenols is 1. The van der Waals surface area contributed by atoms with Crippen molar-refractivity contribution in [2.75, 3.05) is 6.54 Å². The van der Waals surface area contributed by atoms with E-state index < -0.39 is 11.7 Å². The number of ether oxygens (including phenoxy) is 1. The molecule has 1 atom stereocenters. The van der Waals surface area contributed by atoms with E-state index in [-0.39, 0.29) is 5.75 Å². The van der Waals surface area contributed by atoms with Crippen LogP contribution in [0, 0.1) is 0 Å². The first-order valence-corrected chi connectivity index (χ1v) is 4.86. The molecule has 80 valence electrons. The Hall–Kier alpha value is -1.71. The van der Waals surface area contributed by atoms with Crippen LogP contribution in [0.15, 0.2) is 24.3 Å². The van der Waals surface area contributed by atoms with E-state index in [2.05, 4.69) is 5.32 Å². The van der Waals surface area contributed by atoms with Crippen LogP contribution in [0.4, 0.5) is 4.79 Å². The molecular weight excluding hydrogens is 194 g/mol. The highest BCUT2D eigenvalue weighted by atomic mass is 16.6. The molecule has 1 aromatic carbocycles. The molecule has 1 heterocycles. The maximum Gasteiger partial charge on any atom is 0.408 e. The second kappa shape index (κ2) is 3.46. The van der Waals surface area contributed by atoms with Gasteiger partial charge in [-0.3, -0.25) is 0 Å². The molecule has 4 nitrogen and oxygen atoms in total. The molecule has 0 bridgehead atoms. The number of carbonyl (C=O) groups excluding carboxylic acids is 1. The summed E-state index contributed by atoms with van der Waals surface area (Å²) in [5.74, 6) is 0.184. The lowest BCUT2D eigenvalue weighted by molar-refractivity contribution is -0.00288. The Morgan fingerprint density at radius 1 is 1.53 bits per heavy atom. The zero-order valence-corrected chi connectivity index (χ0v) is 8.49. The van der Waals surface area contributed by atoms with Crippen LogP contribution in [0.25, 0.3) is 0 Å². The zero-order chi connectivity index (χ0) is 10.9. The van der Waals surface area contributed by atoms with Crippen LogP contribution in [0.3, 0.4) is 0 Å². The van der Waals surface area contributed by atoms with Crippen LogP contribution < -0.4 is 5.32 Å². The largest absolute Gasteiger partial charge is 0.508 e. The van der Waals surface area contributed by atoms with Crippen LogP contribution in [-0.4, -0.2) is 17.7 Å². The minimum atomic E-state index is -0.638. The number of nitrogens with one attached hydrogen (secondary N) is 1. The summed E-state index contributed by atoms with van der Waals surface area (Å²) in [6.45, 7) is 2.44. The van der Waals surface area contributed by atoms with Gasteiger partial charge in [0.25, 0.3) is 0 Å². The van der Waals surface area contributed by atoms with Gasteiger partial charge in [0.05, 0.1) is 0 Å². The molecule has 1 fully saturated rings. The van der Waals surface area contributed by atoms with E-state index in [0.29, 0.717) is 13.0 Å². The number of rotatable bonds is 1. The fourth-order valence-corrected chi connectivity index (χ4v) is 1.73. The van der Waals surface area contributed by atoms with Crippen molar-refractivity contribution in [1.29, 1.82) is 0 Å². The van der Waals surface area contributed by atoms with Crippen LogP contribution in [0.1, 0.15) is 18.9 Å². The molecule has 0 saturated carbocycles. The molecule has 0 aliphatic carbocycles. The fourth-order valence-electron chi connectivity index (χ4n) is 1.73. The van der Waals surface area contributed by atoms with E-state index in [4.69, 9.17) is 4.74 Å². The molecule has 1 amide bonds. The molecule has 0 radical (unpaired) electrons. The van der Waals surface area contributed by atoms with E-state index in [1.54, 1.807) is 18.2 Å². The quantitative estimate of drug-likeness (QED) is 0.737. The lowest BCUT2D eigenvalue weighted by Gasteiger charge is -2.34. The highest BCUT2D eigenvalue weighted by Gasteiger charge is 2.34. The topological polar surface area (TPSA) is 58.6 Å². The Morgan fingerprint density at radius 2 is 2.33 bits per heavy atom. The van der Waals surface area contributed by atoms with E-state index >= 15 is 0 Å².